The molecule has 0 amide bonds. The summed E-state index contributed by atoms with van der Waals surface area (Å²) in [5, 5.41) is 0. The molecule has 1 saturated carbocycles. The van der Waals surface area contributed by atoms with E-state index in [1.54, 1.807) is 18.9 Å². The van der Waals surface area contributed by atoms with Gasteiger partial charge in [0.25, 0.3) is 0 Å². The van der Waals surface area contributed by atoms with Crippen molar-refractivity contribution >= 4 is 8.07 Å². The molecule has 144 valence electrons. The average Bonchev–Trinajstić information content (AvgIpc) is 2.60. The summed E-state index contributed by atoms with van der Waals surface area (Å²) in [6.45, 7) is 9.28. The molecule has 0 aromatic heterocycles. The van der Waals surface area contributed by atoms with Crippen molar-refractivity contribution in [3.05, 3.63) is 0 Å². The zero-order chi connectivity index (χ0) is 17.5. The maximum absolute atomic E-state index is 5.38. The van der Waals surface area contributed by atoms with Crippen LogP contribution in [0.5, 0.6) is 0 Å². The summed E-state index contributed by atoms with van der Waals surface area (Å²) < 4.78 is 5.38. The third kappa shape index (κ3) is 10.9. The van der Waals surface area contributed by atoms with E-state index in [0.717, 1.165) is 18.8 Å². The van der Waals surface area contributed by atoms with Gasteiger partial charge in [-0.2, -0.15) is 0 Å². The molecule has 0 aliphatic heterocycles. The molecule has 0 atom stereocenters. The van der Waals surface area contributed by atoms with Gasteiger partial charge < -0.3 is 4.74 Å². The maximum atomic E-state index is 5.38. The zero-order valence-corrected chi connectivity index (χ0v) is 18.2. The normalized spacial score (nSPS) is 16.6. The molecule has 1 nitrogen and oxygen atoms in total. The van der Waals surface area contributed by atoms with Crippen LogP contribution in [0.15, 0.2) is 0 Å². The van der Waals surface area contributed by atoms with Crippen molar-refractivity contribution in [1.29, 1.82) is 0 Å². The molecule has 0 saturated heterocycles. The van der Waals surface area contributed by atoms with Crippen molar-refractivity contribution in [2.45, 2.75) is 128 Å². The van der Waals surface area contributed by atoms with Gasteiger partial charge >= 0.3 is 0 Å². The molecule has 0 spiro atoms. The Balaban J connectivity index is 1.84. The first-order chi connectivity index (χ1) is 11.7. The van der Waals surface area contributed by atoms with Crippen molar-refractivity contribution in [1.82, 2.24) is 0 Å². The van der Waals surface area contributed by atoms with Crippen LogP contribution in [0, 0.1) is 0 Å². The second kappa shape index (κ2) is 14.4. The lowest BCUT2D eigenvalue weighted by atomic mass is 10.0. The van der Waals surface area contributed by atoms with Crippen molar-refractivity contribution < 1.29 is 4.74 Å². The predicted molar refractivity (Wildman–Crippen MR) is 112 cm³/mol. The van der Waals surface area contributed by atoms with Crippen LogP contribution < -0.4 is 0 Å². The largest absolute Gasteiger partial charge is 0.382 e. The van der Waals surface area contributed by atoms with Gasteiger partial charge in [0.15, 0.2) is 0 Å². The van der Waals surface area contributed by atoms with Gasteiger partial charge in [-0.15, -0.1) is 0 Å². The number of hydrogen-bond donors (Lipinski definition) is 0. The van der Waals surface area contributed by atoms with E-state index in [0.29, 0.717) is 0 Å². The number of hydrogen-bond acceptors (Lipinski definition) is 1. The molecule has 0 aromatic carbocycles. The first-order valence-electron chi connectivity index (χ1n) is 11.2. The van der Waals surface area contributed by atoms with Crippen LogP contribution in [-0.4, -0.2) is 21.3 Å². The van der Waals surface area contributed by atoms with E-state index < -0.39 is 8.07 Å². The van der Waals surface area contributed by atoms with Gasteiger partial charge in [0, 0.05) is 13.2 Å². The van der Waals surface area contributed by atoms with Gasteiger partial charge in [-0.05, 0) is 18.9 Å². The molecule has 1 aliphatic carbocycles. The molecule has 0 N–H and O–H groups in total. The monoisotopic (exact) mass is 354 g/mol. The smallest absolute Gasteiger partial charge is 0.0504 e. The summed E-state index contributed by atoms with van der Waals surface area (Å²) in [6, 6.07) is 1.59. The van der Waals surface area contributed by atoms with Gasteiger partial charge in [0.1, 0.15) is 0 Å². The Labute approximate surface area is 154 Å². The van der Waals surface area contributed by atoms with Crippen LogP contribution in [0.3, 0.4) is 0 Å². The summed E-state index contributed by atoms with van der Waals surface area (Å²) >= 11 is 0. The van der Waals surface area contributed by atoms with Crippen LogP contribution >= 0.6 is 0 Å². The molecule has 2 heteroatoms. The molecule has 0 heterocycles. The lowest BCUT2D eigenvalue weighted by Gasteiger charge is -2.35. The Morgan fingerprint density at radius 1 is 0.708 bits per heavy atom. The zero-order valence-electron chi connectivity index (χ0n) is 17.2. The highest BCUT2D eigenvalue weighted by Crippen LogP contribution is 2.39. The van der Waals surface area contributed by atoms with Gasteiger partial charge in [-0.25, -0.2) is 0 Å². The van der Waals surface area contributed by atoms with Crippen molar-refractivity contribution in [2.24, 2.45) is 0 Å². The summed E-state index contributed by atoms with van der Waals surface area (Å²) in [4.78, 5) is 0. The van der Waals surface area contributed by atoms with Crippen LogP contribution in [0.4, 0.5) is 0 Å². The number of unbranched alkanes of at least 4 members (excludes halogenated alkanes) is 9. The number of ether oxygens (including phenoxy) is 1. The molecule has 1 fully saturated rings. The molecule has 1 rings (SSSR count). The van der Waals surface area contributed by atoms with E-state index in [-0.39, 0.29) is 0 Å². The van der Waals surface area contributed by atoms with E-state index in [9.17, 15) is 0 Å². The highest BCUT2D eigenvalue weighted by molar-refractivity contribution is 6.78. The van der Waals surface area contributed by atoms with Gasteiger partial charge in [0.2, 0.25) is 0 Å². The minimum atomic E-state index is -0.913. The summed E-state index contributed by atoms with van der Waals surface area (Å²) in [5.74, 6) is 0. The summed E-state index contributed by atoms with van der Waals surface area (Å²) in [6.07, 6.45) is 22.0. The van der Waals surface area contributed by atoms with Gasteiger partial charge in [-0.1, -0.05) is 109 Å². The molecule has 0 bridgehead atoms. The molecule has 24 heavy (non-hydrogen) atoms. The summed E-state index contributed by atoms with van der Waals surface area (Å²) in [5.41, 5.74) is 1.15. The SMILES string of the molecule is CCOCCCCCCCCCCCC[Si](C)(C)C1CCCCC1. The molecule has 0 unspecified atom stereocenters. The molecular formula is C22H46OSi. The lowest BCUT2D eigenvalue weighted by molar-refractivity contribution is 0.143. The van der Waals surface area contributed by atoms with Crippen LogP contribution in [0.2, 0.25) is 24.7 Å². The Morgan fingerprint density at radius 2 is 1.21 bits per heavy atom. The summed E-state index contributed by atoms with van der Waals surface area (Å²) in [7, 11) is -0.913. The Kier molecular flexibility index (Phi) is 13.3. The fourth-order valence-electron chi connectivity index (χ4n) is 4.43. The Bertz CT molecular complexity index is 271. The second-order valence-electron chi connectivity index (χ2n) is 8.81. The quantitative estimate of drug-likeness (QED) is 0.214. The Hall–Kier alpha value is 0.177. The van der Waals surface area contributed by atoms with Crippen molar-refractivity contribution in [2.75, 3.05) is 13.2 Å². The predicted octanol–water partition coefficient (Wildman–Crippen LogP) is 7.97. The second-order valence-corrected chi connectivity index (χ2v) is 14.1. The topological polar surface area (TPSA) is 9.23 Å². The minimum absolute atomic E-state index is 0.875. The van der Waals surface area contributed by atoms with Crippen LogP contribution in [0.1, 0.15) is 103 Å². The third-order valence-corrected chi connectivity index (χ3v) is 10.7. The molecule has 0 radical (unpaired) electrons. The van der Waals surface area contributed by atoms with Crippen LogP contribution in [0.25, 0.3) is 0 Å². The standard InChI is InChI=1S/C22H46OSi/c1-4-23-20-16-11-9-7-5-6-8-10-12-17-21-24(2,3)22-18-14-13-15-19-22/h22H,4-21H2,1-3H3. The van der Waals surface area contributed by atoms with Crippen molar-refractivity contribution in [3.63, 3.8) is 0 Å². The van der Waals surface area contributed by atoms with E-state index in [1.807, 2.05) is 0 Å². The van der Waals surface area contributed by atoms with E-state index >= 15 is 0 Å². The first kappa shape index (κ1) is 22.2. The van der Waals surface area contributed by atoms with Gasteiger partial charge in [-0.3, -0.25) is 0 Å². The van der Waals surface area contributed by atoms with E-state index in [4.69, 9.17) is 4.74 Å². The molecule has 0 aromatic rings. The maximum Gasteiger partial charge on any atom is 0.0504 e. The molecular weight excluding hydrogens is 308 g/mol. The minimum Gasteiger partial charge on any atom is -0.382 e. The van der Waals surface area contributed by atoms with Crippen molar-refractivity contribution in [3.8, 4) is 0 Å². The Morgan fingerprint density at radius 3 is 1.75 bits per heavy atom. The molecule has 1 aliphatic rings. The highest BCUT2D eigenvalue weighted by Gasteiger charge is 2.31. The van der Waals surface area contributed by atoms with Crippen LogP contribution in [-0.2, 0) is 4.74 Å². The third-order valence-electron chi connectivity index (χ3n) is 6.27. The lowest BCUT2D eigenvalue weighted by Crippen LogP contribution is -2.33. The highest BCUT2D eigenvalue weighted by atomic mass is 28.3. The number of rotatable bonds is 15. The fourth-order valence-corrected chi connectivity index (χ4v) is 7.97. The average molecular weight is 355 g/mol. The fraction of sp³-hybridized carbons (Fsp3) is 1.00. The first-order valence-corrected chi connectivity index (χ1v) is 14.5. The van der Waals surface area contributed by atoms with E-state index in [1.165, 1.54) is 83.5 Å². The van der Waals surface area contributed by atoms with E-state index in [2.05, 4.69) is 20.0 Å². The van der Waals surface area contributed by atoms with Gasteiger partial charge in [0.05, 0.1) is 8.07 Å².